The van der Waals surface area contributed by atoms with Crippen LogP contribution in [0.3, 0.4) is 0 Å². The lowest BCUT2D eigenvalue weighted by Crippen LogP contribution is -2.67. The zero-order valence-corrected chi connectivity index (χ0v) is 37.1. The molecule has 1 N–H and O–H groups in total. The van der Waals surface area contributed by atoms with Gasteiger partial charge >= 0.3 is 0 Å². The second kappa shape index (κ2) is 25.6. The minimum atomic E-state index is -1.05. The fraction of sp³-hybridized carbons (Fsp3) is 0.377. The van der Waals surface area contributed by atoms with E-state index in [9.17, 15) is 4.79 Å². The van der Waals surface area contributed by atoms with Crippen LogP contribution in [0.25, 0.3) is 0 Å². The van der Waals surface area contributed by atoms with E-state index < -0.39 is 61.3 Å². The summed E-state index contributed by atoms with van der Waals surface area (Å²) >= 11 is 0. The van der Waals surface area contributed by atoms with Crippen LogP contribution in [-0.4, -0.2) is 94.2 Å². The van der Waals surface area contributed by atoms with Crippen LogP contribution in [0.1, 0.15) is 34.7 Å². The van der Waals surface area contributed by atoms with Gasteiger partial charge in [-0.15, -0.1) is 6.58 Å². The Morgan fingerprint density at radius 1 is 0.508 bits per heavy atom. The van der Waals surface area contributed by atoms with E-state index in [4.69, 9.17) is 47.4 Å². The maximum Gasteiger partial charge on any atom is 0.217 e. The van der Waals surface area contributed by atoms with Crippen LogP contribution in [0.4, 0.5) is 0 Å². The molecule has 2 saturated heterocycles. The minimum absolute atomic E-state index is 0.0577. The zero-order chi connectivity index (χ0) is 45.1. The van der Waals surface area contributed by atoms with Gasteiger partial charge in [-0.25, -0.2) is 0 Å². The van der Waals surface area contributed by atoms with E-state index in [1.165, 1.54) is 6.92 Å². The Labute approximate surface area is 382 Å². The van der Waals surface area contributed by atoms with Gasteiger partial charge in [-0.1, -0.05) is 158 Å². The number of rotatable bonds is 24. The van der Waals surface area contributed by atoms with Gasteiger partial charge in [-0.3, -0.25) is 4.79 Å². The van der Waals surface area contributed by atoms with Crippen molar-refractivity contribution in [1.29, 1.82) is 0 Å². The summed E-state index contributed by atoms with van der Waals surface area (Å²) < 4.78 is 66.2. The van der Waals surface area contributed by atoms with Gasteiger partial charge in [-0.2, -0.15) is 0 Å². The maximum absolute atomic E-state index is 13.1. The molecule has 0 unspecified atom stereocenters. The molecule has 2 aliphatic rings. The van der Waals surface area contributed by atoms with E-state index in [1.54, 1.807) is 13.2 Å². The van der Waals surface area contributed by atoms with E-state index in [2.05, 4.69) is 11.9 Å². The number of benzene rings is 5. The SMILES string of the molecule is C=CCOC[C@H]1O[C@@H](OC[C@H]2O[C@H](OC)[C@H](OCc3ccccc3)[C@@H](OCc3ccccc3)[C@@H]2OCc2ccccc2)[C@H](NC(C)=O)[C@@H](OCc2ccccc2)[C@@H]1OCc1ccccc1. The maximum atomic E-state index is 13.1. The Kier molecular flexibility index (Phi) is 18.8. The summed E-state index contributed by atoms with van der Waals surface area (Å²) in [7, 11) is 1.58. The molecule has 5 aromatic rings. The van der Waals surface area contributed by atoms with Gasteiger partial charge in [0.2, 0.25) is 5.91 Å². The fourth-order valence-corrected chi connectivity index (χ4v) is 8.03. The second-order valence-corrected chi connectivity index (χ2v) is 16.0. The lowest BCUT2D eigenvalue weighted by atomic mass is 9.95. The number of ether oxygens (including phenoxy) is 10. The first-order valence-corrected chi connectivity index (χ1v) is 22.2. The number of carbonyl (C=O) groups excluding carboxylic acids is 1. The van der Waals surface area contributed by atoms with Gasteiger partial charge in [0, 0.05) is 14.0 Å². The summed E-state index contributed by atoms with van der Waals surface area (Å²) in [5.41, 5.74) is 4.84. The van der Waals surface area contributed by atoms with Crippen LogP contribution in [-0.2, 0) is 85.2 Å². The van der Waals surface area contributed by atoms with E-state index >= 15 is 0 Å². The standard InChI is InChI=1S/C53H61NO11/c1-4-30-57-36-44-47(58-31-39-20-10-5-11-21-39)49(60-33-41-24-14-7-15-25-41)46(54-38(2)55)52(64-44)63-37-45-48(59-32-40-22-12-6-13-23-40)50(61-34-42-26-16-8-17-27-42)51(53(56-3)65-45)62-35-43-28-18-9-19-29-43/h4-29,44-53H,1,30-37H2,2-3H3,(H,54,55)/t44-,45-,46-,47-,48-,49-,50+,51-,52-,53+/m1/s1. The van der Waals surface area contributed by atoms with Crippen molar-refractivity contribution in [2.24, 2.45) is 0 Å². The molecule has 12 heteroatoms. The van der Waals surface area contributed by atoms with Crippen molar-refractivity contribution in [3.63, 3.8) is 0 Å². The highest BCUT2D eigenvalue weighted by Gasteiger charge is 2.52. The fourth-order valence-electron chi connectivity index (χ4n) is 8.03. The summed E-state index contributed by atoms with van der Waals surface area (Å²) in [5.74, 6) is -0.297. The Morgan fingerprint density at radius 2 is 0.877 bits per heavy atom. The van der Waals surface area contributed by atoms with Gasteiger partial charge < -0.3 is 52.7 Å². The zero-order valence-electron chi connectivity index (χ0n) is 37.1. The van der Waals surface area contributed by atoms with Crippen molar-refractivity contribution >= 4 is 5.91 Å². The molecule has 0 aromatic heterocycles. The number of amides is 1. The van der Waals surface area contributed by atoms with E-state index in [0.29, 0.717) is 0 Å². The molecule has 2 aliphatic heterocycles. The van der Waals surface area contributed by atoms with Gasteiger partial charge in [0.05, 0.1) is 52.9 Å². The molecule has 0 bridgehead atoms. The molecule has 0 saturated carbocycles. The van der Waals surface area contributed by atoms with E-state index in [-0.39, 0.29) is 58.8 Å². The van der Waals surface area contributed by atoms with Gasteiger partial charge in [0.25, 0.3) is 0 Å². The van der Waals surface area contributed by atoms with E-state index in [0.717, 1.165) is 27.8 Å². The third-order valence-electron chi connectivity index (χ3n) is 11.2. The number of methoxy groups -OCH3 is 1. The molecule has 7 rings (SSSR count). The monoisotopic (exact) mass is 887 g/mol. The Morgan fingerprint density at radius 3 is 1.29 bits per heavy atom. The molecule has 10 atom stereocenters. The van der Waals surface area contributed by atoms with E-state index in [1.807, 2.05) is 152 Å². The van der Waals surface area contributed by atoms with Crippen molar-refractivity contribution in [2.75, 3.05) is 26.9 Å². The van der Waals surface area contributed by atoms with Crippen LogP contribution in [0, 0.1) is 0 Å². The number of nitrogens with one attached hydrogen (secondary N) is 1. The summed E-state index contributed by atoms with van der Waals surface area (Å²) in [5, 5.41) is 3.09. The van der Waals surface area contributed by atoms with Crippen molar-refractivity contribution in [3.05, 3.63) is 192 Å². The Hall–Kier alpha value is -5.09. The molecule has 0 aliphatic carbocycles. The van der Waals surface area contributed by atoms with Crippen LogP contribution in [0.15, 0.2) is 164 Å². The molecular formula is C53H61NO11. The molecule has 12 nitrogen and oxygen atoms in total. The number of hydrogen-bond acceptors (Lipinski definition) is 11. The minimum Gasteiger partial charge on any atom is -0.375 e. The smallest absolute Gasteiger partial charge is 0.217 e. The Bertz CT molecular complexity index is 2100. The highest BCUT2D eigenvalue weighted by Crippen LogP contribution is 2.34. The topological polar surface area (TPSA) is 121 Å². The lowest BCUT2D eigenvalue weighted by molar-refractivity contribution is -0.337. The summed E-state index contributed by atoms with van der Waals surface area (Å²) in [4.78, 5) is 13.1. The molecule has 1 amide bonds. The molecule has 0 spiro atoms. The van der Waals surface area contributed by atoms with Gasteiger partial charge in [0.15, 0.2) is 12.6 Å². The first-order valence-electron chi connectivity index (χ1n) is 22.2. The Balaban J connectivity index is 1.20. The first-order chi connectivity index (χ1) is 32.0. The average molecular weight is 888 g/mol. The molecule has 5 aromatic carbocycles. The van der Waals surface area contributed by atoms with Crippen molar-refractivity contribution in [3.8, 4) is 0 Å². The van der Waals surface area contributed by atoms with Crippen LogP contribution < -0.4 is 5.32 Å². The third-order valence-corrected chi connectivity index (χ3v) is 11.2. The van der Waals surface area contributed by atoms with Crippen LogP contribution >= 0.6 is 0 Å². The average Bonchev–Trinajstić information content (AvgIpc) is 3.35. The van der Waals surface area contributed by atoms with Crippen molar-refractivity contribution in [1.82, 2.24) is 5.32 Å². The van der Waals surface area contributed by atoms with Gasteiger partial charge in [0.1, 0.15) is 48.8 Å². The summed E-state index contributed by atoms with van der Waals surface area (Å²) in [6.45, 7) is 6.97. The van der Waals surface area contributed by atoms with Crippen LogP contribution in [0.2, 0.25) is 0 Å². The highest BCUT2D eigenvalue weighted by atomic mass is 16.7. The lowest BCUT2D eigenvalue weighted by Gasteiger charge is -2.48. The predicted octanol–water partition coefficient (Wildman–Crippen LogP) is 7.73. The summed E-state index contributed by atoms with van der Waals surface area (Å²) in [6, 6.07) is 48.6. The van der Waals surface area contributed by atoms with Crippen molar-refractivity contribution in [2.45, 2.75) is 101 Å². The predicted molar refractivity (Wildman–Crippen MR) is 244 cm³/mol. The third kappa shape index (κ3) is 14.2. The molecular weight excluding hydrogens is 827 g/mol. The molecule has 2 heterocycles. The number of hydrogen-bond donors (Lipinski definition) is 1. The molecule has 0 radical (unpaired) electrons. The molecule has 2 fully saturated rings. The first kappa shape index (κ1) is 47.9. The quantitative estimate of drug-likeness (QED) is 0.0484. The largest absolute Gasteiger partial charge is 0.375 e. The normalized spacial score (nSPS) is 25.4. The van der Waals surface area contributed by atoms with Crippen LogP contribution in [0.5, 0.6) is 0 Å². The highest BCUT2D eigenvalue weighted by molar-refractivity contribution is 5.73. The number of carbonyl (C=O) groups is 1. The molecule has 65 heavy (non-hydrogen) atoms. The van der Waals surface area contributed by atoms with Gasteiger partial charge in [-0.05, 0) is 27.8 Å². The van der Waals surface area contributed by atoms with Crippen molar-refractivity contribution < 1.29 is 52.2 Å². The summed E-state index contributed by atoms with van der Waals surface area (Å²) in [6.07, 6.45) is -5.27. The second-order valence-electron chi connectivity index (χ2n) is 16.0. The molecule has 344 valence electrons.